The third kappa shape index (κ3) is 3.28. The molecule has 17 heavy (non-hydrogen) atoms. The Bertz CT molecular complexity index is 371. The van der Waals surface area contributed by atoms with Crippen molar-refractivity contribution in [3.05, 3.63) is 17.5 Å². The van der Waals surface area contributed by atoms with E-state index in [0.717, 1.165) is 38.4 Å². The summed E-state index contributed by atoms with van der Waals surface area (Å²) in [7, 11) is 0. The molecule has 2 N–H and O–H groups in total. The predicted molar refractivity (Wildman–Crippen MR) is 62.9 cm³/mol. The average molecular weight is 238 g/mol. The number of aromatic amines is 1. The molecule has 2 rings (SSSR count). The van der Waals surface area contributed by atoms with Gasteiger partial charge in [0.15, 0.2) is 0 Å². The van der Waals surface area contributed by atoms with Crippen molar-refractivity contribution in [3.63, 3.8) is 0 Å². The first kappa shape index (κ1) is 12.1. The standard InChI is InChI=1S/C11H18N4O2/c1-9-8-13-14-10(9)11(16)12-2-3-15-4-6-17-7-5-15/h8H,2-7H2,1H3,(H,12,16)(H,13,14). The van der Waals surface area contributed by atoms with Crippen LogP contribution in [0.3, 0.4) is 0 Å². The highest BCUT2D eigenvalue weighted by molar-refractivity contribution is 5.93. The van der Waals surface area contributed by atoms with Gasteiger partial charge in [0.1, 0.15) is 5.69 Å². The summed E-state index contributed by atoms with van der Waals surface area (Å²) in [6.07, 6.45) is 1.65. The molecule has 2 heterocycles. The number of hydrogen-bond acceptors (Lipinski definition) is 4. The van der Waals surface area contributed by atoms with E-state index < -0.39 is 0 Å². The number of aromatic nitrogens is 2. The van der Waals surface area contributed by atoms with Gasteiger partial charge in [0, 0.05) is 26.2 Å². The zero-order valence-corrected chi connectivity index (χ0v) is 10.0. The van der Waals surface area contributed by atoms with E-state index in [4.69, 9.17) is 4.74 Å². The summed E-state index contributed by atoms with van der Waals surface area (Å²) in [4.78, 5) is 14.0. The molecule has 0 unspecified atom stereocenters. The first-order valence-corrected chi connectivity index (χ1v) is 5.85. The van der Waals surface area contributed by atoms with Crippen molar-refractivity contribution in [3.8, 4) is 0 Å². The van der Waals surface area contributed by atoms with E-state index in [2.05, 4.69) is 20.4 Å². The van der Waals surface area contributed by atoms with Crippen molar-refractivity contribution in [1.82, 2.24) is 20.4 Å². The van der Waals surface area contributed by atoms with E-state index in [0.29, 0.717) is 12.2 Å². The third-order valence-electron chi connectivity index (χ3n) is 2.87. The number of nitrogens with zero attached hydrogens (tertiary/aromatic N) is 2. The van der Waals surface area contributed by atoms with Gasteiger partial charge in [-0.2, -0.15) is 5.10 Å². The minimum absolute atomic E-state index is 0.0896. The van der Waals surface area contributed by atoms with Gasteiger partial charge < -0.3 is 10.1 Å². The highest BCUT2D eigenvalue weighted by Crippen LogP contribution is 2.01. The number of amides is 1. The van der Waals surface area contributed by atoms with Crippen LogP contribution in [0.25, 0.3) is 0 Å². The normalized spacial score (nSPS) is 17.0. The summed E-state index contributed by atoms with van der Waals surface area (Å²) >= 11 is 0. The van der Waals surface area contributed by atoms with Crippen LogP contribution >= 0.6 is 0 Å². The van der Waals surface area contributed by atoms with Crippen LogP contribution in [-0.4, -0.2) is 60.4 Å². The summed E-state index contributed by atoms with van der Waals surface area (Å²) in [6, 6.07) is 0. The summed E-state index contributed by atoms with van der Waals surface area (Å²) < 4.78 is 5.26. The Hall–Kier alpha value is -1.40. The molecule has 6 heteroatoms. The molecule has 0 radical (unpaired) electrons. The molecule has 0 saturated carbocycles. The van der Waals surface area contributed by atoms with Crippen molar-refractivity contribution in [2.45, 2.75) is 6.92 Å². The molecular weight excluding hydrogens is 220 g/mol. The molecular formula is C11H18N4O2. The molecule has 6 nitrogen and oxygen atoms in total. The van der Waals surface area contributed by atoms with Crippen molar-refractivity contribution >= 4 is 5.91 Å². The summed E-state index contributed by atoms with van der Waals surface area (Å²) in [5.74, 6) is -0.0896. The van der Waals surface area contributed by atoms with Gasteiger partial charge in [0.2, 0.25) is 0 Å². The number of morpholine rings is 1. The number of nitrogens with one attached hydrogen (secondary N) is 2. The lowest BCUT2D eigenvalue weighted by Gasteiger charge is -2.26. The van der Waals surface area contributed by atoms with Gasteiger partial charge >= 0.3 is 0 Å². The number of H-pyrrole nitrogens is 1. The van der Waals surface area contributed by atoms with Gasteiger partial charge in [-0.3, -0.25) is 14.8 Å². The Kier molecular flexibility index (Phi) is 4.11. The van der Waals surface area contributed by atoms with Crippen molar-refractivity contribution < 1.29 is 9.53 Å². The maximum absolute atomic E-state index is 11.7. The van der Waals surface area contributed by atoms with Crippen molar-refractivity contribution in [2.75, 3.05) is 39.4 Å². The van der Waals surface area contributed by atoms with E-state index in [-0.39, 0.29) is 5.91 Å². The Morgan fingerprint density at radius 2 is 2.35 bits per heavy atom. The van der Waals surface area contributed by atoms with Crippen LogP contribution in [0.5, 0.6) is 0 Å². The second kappa shape index (κ2) is 5.79. The smallest absolute Gasteiger partial charge is 0.269 e. The highest BCUT2D eigenvalue weighted by atomic mass is 16.5. The van der Waals surface area contributed by atoms with Gasteiger partial charge in [-0.1, -0.05) is 0 Å². The Morgan fingerprint density at radius 3 is 3.00 bits per heavy atom. The molecule has 1 fully saturated rings. The van der Waals surface area contributed by atoms with E-state index in [1.807, 2.05) is 6.92 Å². The topological polar surface area (TPSA) is 70.2 Å². The van der Waals surface area contributed by atoms with Crippen LogP contribution in [0.2, 0.25) is 0 Å². The molecule has 1 aliphatic heterocycles. The lowest BCUT2D eigenvalue weighted by atomic mass is 10.2. The second-order valence-corrected chi connectivity index (χ2v) is 4.14. The highest BCUT2D eigenvalue weighted by Gasteiger charge is 2.12. The monoisotopic (exact) mass is 238 g/mol. The SMILES string of the molecule is Cc1cn[nH]c1C(=O)NCCN1CCOCC1. The fourth-order valence-corrected chi connectivity index (χ4v) is 1.82. The first-order valence-electron chi connectivity index (χ1n) is 5.85. The average Bonchev–Trinajstić information content (AvgIpc) is 2.77. The fourth-order valence-electron chi connectivity index (χ4n) is 1.82. The van der Waals surface area contributed by atoms with Gasteiger partial charge in [-0.05, 0) is 12.5 Å². The van der Waals surface area contributed by atoms with Crippen LogP contribution in [0.1, 0.15) is 16.1 Å². The zero-order chi connectivity index (χ0) is 12.1. The van der Waals surface area contributed by atoms with Crippen molar-refractivity contribution in [2.24, 2.45) is 0 Å². The molecule has 1 aliphatic rings. The van der Waals surface area contributed by atoms with Crippen molar-refractivity contribution in [1.29, 1.82) is 0 Å². The molecule has 94 valence electrons. The third-order valence-corrected chi connectivity index (χ3v) is 2.87. The molecule has 1 aromatic rings. The molecule has 0 aliphatic carbocycles. The molecule has 1 amide bonds. The number of carbonyl (C=O) groups excluding carboxylic acids is 1. The summed E-state index contributed by atoms with van der Waals surface area (Å²) in [5.41, 5.74) is 1.42. The quantitative estimate of drug-likeness (QED) is 0.761. The lowest BCUT2D eigenvalue weighted by molar-refractivity contribution is 0.0383. The molecule has 0 spiro atoms. The van der Waals surface area contributed by atoms with Crippen LogP contribution in [0, 0.1) is 6.92 Å². The van der Waals surface area contributed by atoms with Crippen LogP contribution in [0.4, 0.5) is 0 Å². The number of hydrogen-bond donors (Lipinski definition) is 2. The summed E-state index contributed by atoms with van der Waals surface area (Å²) in [6.45, 7) is 6.83. The first-order chi connectivity index (χ1) is 8.27. The van der Waals surface area contributed by atoms with E-state index in [9.17, 15) is 4.79 Å². The predicted octanol–water partition coefficient (Wildman–Crippen LogP) is -0.220. The molecule has 0 atom stereocenters. The second-order valence-electron chi connectivity index (χ2n) is 4.14. The van der Waals surface area contributed by atoms with Gasteiger partial charge in [-0.25, -0.2) is 0 Å². The minimum Gasteiger partial charge on any atom is -0.379 e. The number of carbonyl (C=O) groups is 1. The van der Waals surface area contributed by atoms with Crippen LogP contribution in [-0.2, 0) is 4.74 Å². The molecule has 1 aromatic heterocycles. The fraction of sp³-hybridized carbons (Fsp3) is 0.636. The van der Waals surface area contributed by atoms with Crippen LogP contribution in [0.15, 0.2) is 6.20 Å². The van der Waals surface area contributed by atoms with Gasteiger partial charge in [-0.15, -0.1) is 0 Å². The van der Waals surface area contributed by atoms with Gasteiger partial charge in [0.05, 0.1) is 19.4 Å². The van der Waals surface area contributed by atoms with Gasteiger partial charge in [0.25, 0.3) is 5.91 Å². The number of aryl methyl sites for hydroxylation is 1. The minimum atomic E-state index is -0.0896. The molecule has 0 bridgehead atoms. The summed E-state index contributed by atoms with van der Waals surface area (Å²) in [5, 5.41) is 9.41. The maximum Gasteiger partial charge on any atom is 0.269 e. The maximum atomic E-state index is 11.7. The molecule has 1 saturated heterocycles. The number of rotatable bonds is 4. The largest absolute Gasteiger partial charge is 0.379 e. The number of ether oxygens (including phenoxy) is 1. The molecule has 0 aromatic carbocycles. The zero-order valence-electron chi connectivity index (χ0n) is 10.0. The Labute approximate surface area is 100 Å². The Balaban J connectivity index is 1.71. The van der Waals surface area contributed by atoms with Crippen LogP contribution < -0.4 is 5.32 Å². The lowest BCUT2D eigenvalue weighted by Crippen LogP contribution is -2.41. The van der Waals surface area contributed by atoms with E-state index >= 15 is 0 Å². The van der Waals surface area contributed by atoms with E-state index in [1.54, 1.807) is 6.20 Å². The Morgan fingerprint density at radius 1 is 1.59 bits per heavy atom. The van der Waals surface area contributed by atoms with E-state index in [1.165, 1.54) is 0 Å².